The molecule has 1 heterocycles. The van der Waals surface area contributed by atoms with Gasteiger partial charge in [-0.15, -0.1) is 0 Å². The molecule has 1 aromatic rings. The first-order chi connectivity index (χ1) is 9.00. The third-order valence-electron chi connectivity index (χ3n) is 3.84. The topological polar surface area (TPSA) is 58.4 Å². The number of anilines is 1. The van der Waals surface area contributed by atoms with Gasteiger partial charge >= 0.3 is 0 Å². The van der Waals surface area contributed by atoms with Crippen LogP contribution >= 0.6 is 11.6 Å². The van der Waals surface area contributed by atoms with Crippen LogP contribution in [0.25, 0.3) is 0 Å². The molecule has 0 saturated carbocycles. The Labute approximate surface area is 118 Å². The van der Waals surface area contributed by atoms with E-state index in [2.05, 4.69) is 10.2 Å². The van der Waals surface area contributed by atoms with Crippen LogP contribution in [-0.4, -0.2) is 26.0 Å². The van der Waals surface area contributed by atoms with E-state index in [0.29, 0.717) is 18.1 Å². The molecule has 0 aliphatic carbocycles. The highest BCUT2D eigenvalue weighted by Gasteiger charge is 2.40. The van der Waals surface area contributed by atoms with E-state index in [0.717, 1.165) is 24.2 Å². The smallest absolute Gasteiger partial charge is 0.227 e. The number of nitrogens with two attached hydrogens (primary N) is 1. The van der Waals surface area contributed by atoms with Gasteiger partial charge in [0.25, 0.3) is 0 Å². The van der Waals surface area contributed by atoms with Crippen LogP contribution in [0.3, 0.4) is 0 Å². The molecule has 1 unspecified atom stereocenters. The number of nitrogens with one attached hydrogen (secondary N) is 1. The van der Waals surface area contributed by atoms with Crippen molar-refractivity contribution in [1.82, 2.24) is 5.32 Å². The lowest BCUT2D eigenvalue weighted by Crippen LogP contribution is -2.39. The fourth-order valence-corrected chi connectivity index (χ4v) is 2.91. The number of nitrogens with zero attached hydrogens (tertiary/aromatic N) is 1. The van der Waals surface area contributed by atoms with Crippen molar-refractivity contribution < 1.29 is 4.79 Å². The largest absolute Gasteiger partial charge is 0.369 e. The third-order valence-corrected chi connectivity index (χ3v) is 4.14. The lowest BCUT2D eigenvalue weighted by molar-refractivity contribution is -0.128. The molecule has 1 saturated heterocycles. The van der Waals surface area contributed by atoms with Gasteiger partial charge < -0.3 is 16.0 Å². The molecule has 4 nitrogen and oxygen atoms in total. The Morgan fingerprint density at radius 1 is 1.58 bits per heavy atom. The first kappa shape index (κ1) is 14.2. The summed E-state index contributed by atoms with van der Waals surface area (Å²) >= 11 is 6.30. The second-order valence-corrected chi connectivity index (χ2v) is 5.71. The molecule has 1 aliphatic heterocycles. The van der Waals surface area contributed by atoms with Gasteiger partial charge in [0.2, 0.25) is 5.91 Å². The summed E-state index contributed by atoms with van der Waals surface area (Å²) in [6.45, 7) is 4.00. The van der Waals surface area contributed by atoms with Crippen molar-refractivity contribution in [3.05, 3.63) is 28.8 Å². The van der Waals surface area contributed by atoms with Crippen LogP contribution in [0.1, 0.15) is 18.9 Å². The van der Waals surface area contributed by atoms with Gasteiger partial charge in [-0.05, 0) is 31.0 Å². The van der Waals surface area contributed by atoms with E-state index in [1.807, 2.05) is 25.1 Å². The van der Waals surface area contributed by atoms with Crippen LogP contribution in [0, 0.1) is 5.41 Å². The van der Waals surface area contributed by atoms with Crippen molar-refractivity contribution in [2.45, 2.75) is 19.9 Å². The van der Waals surface area contributed by atoms with E-state index in [-0.39, 0.29) is 11.3 Å². The van der Waals surface area contributed by atoms with Crippen molar-refractivity contribution in [3.63, 3.8) is 0 Å². The Morgan fingerprint density at radius 2 is 2.32 bits per heavy atom. The van der Waals surface area contributed by atoms with Gasteiger partial charge in [-0.2, -0.15) is 0 Å². The zero-order valence-electron chi connectivity index (χ0n) is 11.4. The Bertz CT molecular complexity index is 492. The molecule has 0 spiro atoms. The normalized spacial score (nSPS) is 22.6. The number of hydrogen-bond donors (Lipinski definition) is 2. The number of halogens is 1. The predicted molar refractivity (Wildman–Crippen MR) is 78.3 cm³/mol. The molecule has 0 radical (unpaired) electrons. The van der Waals surface area contributed by atoms with E-state index in [1.165, 1.54) is 0 Å². The minimum atomic E-state index is -0.343. The fourth-order valence-electron chi connectivity index (χ4n) is 2.59. The molecule has 1 aliphatic rings. The summed E-state index contributed by atoms with van der Waals surface area (Å²) in [6.07, 6.45) is 0.835. The van der Waals surface area contributed by atoms with Crippen molar-refractivity contribution >= 4 is 23.2 Å². The van der Waals surface area contributed by atoms with E-state index in [9.17, 15) is 4.79 Å². The molecular weight excluding hydrogens is 262 g/mol. The second kappa shape index (κ2) is 5.39. The second-order valence-electron chi connectivity index (χ2n) is 5.30. The van der Waals surface area contributed by atoms with Crippen LogP contribution < -0.4 is 16.0 Å². The first-order valence-electron chi connectivity index (χ1n) is 6.46. The zero-order chi connectivity index (χ0) is 14.0. The standard InChI is InChI=1S/C14H20ClN3O/c1-14(13(19)17-2)5-6-18(9-14)12-4-3-10(8-16)7-11(12)15/h3-4,7H,5-6,8-9,16H2,1-2H3,(H,17,19). The monoisotopic (exact) mass is 281 g/mol. The van der Waals surface area contributed by atoms with Crippen LogP contribution in [-0.2, 0) is 11.3 Å². The van der Waals surface area contributed by atoms with Gasteiger partial charge in [0.05, 0.1) is 16.1 Å². The van der Waals surface area contributed by atoms with Gasteiger partial charge in [-0.25, -0.2) is 0 Å². The van der Waals surface area contributed by atoms with Crippen LogP contribution in [0.5, 0.6) is 0 Å². The van der Waals surface area contributed by atoms with Crippen molar-refractivity contribution in [3.8, 4) is 0 Å². The van der Waals surface area contributed by atoms with Gasteiger partial charge in [0, 0.05) is 26.7 Å². The summed E-state index contributed by atoms with van der Waals surface area (Å²) in [6, 6.07) is 5.86. The molecule has 1 atom stereocenters. The quantitative estimate of drug-likeness (QED) is 0.888. The van der Waals surface area contributed by atoms with Gasteiger partial charge in [-0.3, -0.25) is 4.79 Å². The summed E-state index contributed by atoms with van der Waals surface area (Å²) in [4.78, 5) is 14.1. The average molecular weight is 282 g/mol. The molecule has 2 rings (SSSR count). The molecule has 19 heavy (non-hydrogen) atoms. The number of carbonyl (C=O) groups is 1. The van der Waals surface area contributed by atoms with E-state index in [1.54, 1.807) is 7.05 Å². The Hall–Kier alpha value is -1.26. The summed E-state index contributed by atoms with van der Waals surface area (Å²) in [5.74, 6) is 0.0877. The highest BCUT2D eigenvalue weighted by molar-refractivity contribution is 6.33. The molecule has 1 fully saturated rings. The number of carbonyl (C=O) groups excluding carboxylic acids is 1. The maximum atomic E-state index is 11.9. The Balaban J connectivity index is 2.19. The highest BCUT2D eigenvalue weighted by atomic mass is 35.5. The molecule has 1 amide bonds. The summed E-state index contributed by atoms with van der Waals surface area (Å²) in [7, 11) is 1.68. The van der Waals surface area contributed by atoms with Crippen molar-refractivity contribution in [2.24, 2.45) is 11.1 Å². The molecule has 0 bridgehead atoms. The first-order valence-corrected chi connectivity index (χ1v) is 6.83. The van der Waals surface area contributed by atoms with Gasteiger partial charge in [0.15, 0.2) is 0 Å². The Morgan fingerprint density at radius 3 is 2.89 bits per heavy atom. The lowest BCUT2D eigenvalue weighted by Gasteiger charge is -2.24. The summed E-state index contributed by atoms with van der Waals surface area (Å²) in [5.41, 5.74) is 7.25. The molecule has 1 aromatic carbocycles. The number of hydrogen-bond acceptors (Lipinski definition) is 3. The van der Waals surface area contributed by atoms with Crippen molar-refractivity contribution in [2.75, 3.05) is 25.0 Å². The maximum Gasteiger partial charge on any atom is 0.227 e. The summed E-state index contributed by atoms with van der Waals surface area (Å²) in [5, 5.41) is 3.44. The summed E-state index contributed by atoms with van der Waals surface area (Å²) < 4.78 is 0. The zero-order valence-corrected chi connectivity index (χ0v) is 12.1. The van der Waals surface area contributed by atoms with Crippen LogP contribution in [0.15, 0.2) is 18.2 Å². The van der Waals surface area contributed by atoms with E-state index < -0.39 is 0 Å². The molecule has 0 aromatic heterocycles. The predicted octanol–water partition coefficient (Wildman–Crippen LogP) is 1.76. The lowest BCUT2D eigenvalue weighted by atomic mass is 9.89. The van der Waals surface area contributed by atoms with Gasteiger partial charge in [0.1, 0.15) is 0 Å². The Kier molecular flexibility index (Phi) is 4.02. The molecule has 5 heteroatoms. The minimum absolute atomic E-state index is 0.0877. The number of benzene rings is 1. The van der Waals surface area contributed by atoms with Gasteiger partial charge in [-0.1, -0.05) is 17.7 Å². The average Bonchev–Trinajstić information content (AvgIpc) is 2.81. The van der Waals surface area contributed by atoms with Crippen molar-refractivity contribution in [1.29, 1.82) is 0 Å². The molecule has 3 N–H and O–H groups in total. The van der Waals surface area contributed by atoms with Crippen LogP contribution in [0.4, 0.5) is 5.69 Å². The highest BCUT2D eigenvalue weighted by Crippen LogP contribution is 2.36. The fraction of sp³-hybridized carbons (Fsp3) is 0.500. The van der Waals surface area contributed by atoms with E-state index in [4.69, 9.17) is 17.3 Å². The minimum Gasteiger partial charge on any atom is -0.369 e. The van der Waals surface area contributed by atoms with E-state index >= 15 is 0 Å². The maximum absolute atomic E-state index is 11.9. The van der Waals surface area contributed by atoms with Crippen LogP contribution in [0.2, 0.25) is 5.02 Å². The molecular formula is C14H20ClN3O. The number of amides is 1. The number of rotatable bonds is 3. The SMILES string of the molecule is CNC(=O)C1(C)CCN(c2ccc(CN)cc2Cl)C1. The third kappa shape index (κ3) is 2.69. The molecule has 104 valence electrons.